The highest BCUT2D eigenvalue weighted by atomic mass is 19.1. The van der Waals surface area contributed by atoms with Gasteiger partial charge >= 0.3 is 0 Å². The molecule has 0 fully saturated rings. The predicted molar refractivity (Wildman–Crippen MR) is 63.0 cm³/mol. The van der Waals surface area contributed by atoms with E-state index in [-0.39, 0.29) is 17.5 Å². The van der Waals surface area contributed by atoms with Crippen molar-refractivity contribution in [2.45, 2.75) is 26.0 Å². The van der Waals surface area contributed by atoms with Gasteiger partial charge in [0.05, 0.1) is 6.10 Å². The zero-order valence-corrected chi connectivity index (χ0v) is 10.1. The zero-order valence-electron chi connectivity index (χ0n) is 10.1. The average molecular weight is 251 g/mol. The van der Waals surface area contributed by atoms with Crippen LogP contribution in [0.1, 0.15) is 24.4 Å². The molecule has 2 aromatic rings. The van der Waals surface area contributed by atoms with Gasteiger partial charge in [0.15, 0.2) is 0 Å². The number of aryl methyl sites for hydroxylation is 1. The van der Waals surface area contributed by atoms with E-state index < -0.39 is 12.1 Å². The van der Waals surface area contributed by atoms with Gasteiger partial charge in [-0.1, -0.05) is 5.16 Å². The summed E-state index contributed by atoms with van der Waals surface area (Å²) < 4.78 is 18.2. The lowest BCUT2D eigenvalue weighted by Crippen LogP contribution is -2.23. The molecule has 0 amide bonds. The molecule has 0 bridgehead atoms. The van der Waals surface area contributed by atoms with Crippen LogP contribution in [0, 0.1) is 12.7 Å². The maximum Gasteiger partial charge on any atom is 0.246 e. The summed E-state index contributed by atoms with van der Waals surface area (Å²) in [5, 5.41) is 13.1. The Morgan fingerprint density at radius 1 is 1.39 bits per heavy atom. The smallest absolute Gasteiger partial charge is 0.246 e. The van der Waals surface area contributed by atoms with Gasteiger partial charge in [0.1, 0.15) is 11.9 Å². The third-order valence-corrected chi connectivity index (χ3v) is 2.55. The summed E-state index contributed by atoms with van der Waals surface area (Å²) in [5.41, 5.74) is 6.94. The molecule has 2 unspecified atom stereocenters. The van der Waals surface area contributed by atoms with Crippen LogP contribution in [-0.2, 0) is 0 Å². The molecule has 0 aliphatic heterocycles. The first-order valence-corrected chi connectivity index (χ1v) is 5.52. The number of halogens is 1. The summed E-state index contributed by atoms with van der Waals surface area (Å²) in [7, 11) is 0. The second kappa shape index (κ2) is 4.83. The molecule has 0 spiro atoms. The highest BCUT2D eigenvalue weighted by Crippen LogP contribution is 2.21. The molecule has 1 aromatic heterocycles. The van der Waals surface area contributed by atoms with E-state index in [0.717, 1.165) is 5.56 Å². The number of hydrogen-bond donors (Lipinski definition) is 2. The quantitative estimate of drug-likeness (QED) is 0.864. The van der Waals surface area contributed by atoms with Gasteiger partial charge in [-0.15, -0.1) is 0 Å². The third kappa shape index (κ3) is 2.55. The predicted octanol–water partition coefficient (Wildman–Crippen LogP) is 1.56. The fraction of sp³-hybridized carbons (Fsp3) is 0.333. The van der Waals surface area contributed by atoms with E-state index in [1.807, 2.05) is 0 Å². The Bertz CT molecular complexity index is 534. The maximum atomic E-state index is 13.3. The summed E-state index contributed by atoms with van der Waals surface area (Å²) >= 11 is 0. The Kier molecular flexibility index (Phi) is 3.40. The van der Waals surface area contributed by atoms with Crippen molar-refractivity contribution in [2.24, 2.45) is 5.73 Å². The van der Waals surface area contributed by atoms with Gasteiger partial charge in [0.2, 0.25) is 11.7 Å². The van der Waals surface area contributed by atoms with E-state index in [1.165, 1.54) is 19.1 Å². The Hall–Kier alpha value is -1.79. The summed E-state index contributed by atoms with van der Waals surface area (Å²) in [6.45, 7) is 3.30. The van der Waals surface area contributed by atoms with E-state index in [0.29, 0.717) is 5.56 Å². The van der Waals surface area contributed by atoms with Gasteiger partial charge in [0, 0.05) is 5.56 Å². The molecule has 1 heterocycles. The van der Waals surface area contributed by atoms with Crippen LogP contribution < -0.4 is 5.73 Å². The van der Waals surface area contributed by atoms with Crippen LogP contribution in [0.5, 0.6) is 0 Å². The number of benzene rings is 1. The highest BCUT2D eigenvalue weighted by Gasteiger charge is 2.20. The Labute approximate surface area is 103 Å². The van der Waals surface area contributed by atoms with Crippen molar-refractivity contribution < 1.29 is 14.0 Å². The Morgan fingerprint density at radius 2 is 2.11 bits per heavy atom. The molecule has 2 atom stereocenters. The second-order valence-corrected chi connectivity index (χ2v) is 4.24. The van der Waals surface area contributed by atoms with Crippen LogP contribution in [0.4, 0.5) is 4.39 Å². The minimum Gasteiger partial charge on any atom is -0.391 e. The Morgan fingerprint density at radius 3 is 2.72 bits per heavy atom. The molecule has 0 aliphatic carbocycles. The third-order valence-electron chi connectivity index (χ3n) is 2.55. The lowest BCUT2D eigenvalue weighted by molar-refractivity contribution is 0.146. The van der Waals surface area contributed by atoms with Gasteiger partial charge in [-0.05, 0) is 37.6 Å². The first-order valence-electron chi connectivity index (χ1n) is 5.52. The minimum atomic E-state index is -0.799. The summed E-state index contributed by atoms with van der Waals surface area (Å²) in [6.07, 6.45) is -0.799. The molecular weight excluding hydrogens is 237 g/mol. The van der Waals surface area contributed by atoms with Crippen LogP contribution in [0.3, 0.4) is 0 Å². The highest BCUT2D eigenvalue weighted by molar-refractivity contribution is 5.55. The normalized spacial score (nSPS) is 14.5. The molecular formula is C12H14FN3O2. The van der Waals surface area contributed by atoms with E-state index in [1.54, 1.807) is 13.0 Å². The number of aromatic nitrogens is 2. The van der Waals surface area contributed by atoms with E-state index in [4.69, 9.17) is 10.3 Å². The molecule has 2 rings (SSSR count). The van der Waals surface area contributed by atoms with Gasteiger partial charge in [-0.25, -0.2) is 4.39 Å². The number of hydrogen-bond acceptors (Lipinski definition) is 5. The number of aliphatic hydroxyl groups excluding tert-OH is 1. The number of rotatable bonds is 3. The van der Waals surface area contributed by atoms with Gasteiger partial charge in [-0.3, -0.25) is 0 Å². The summed E-state index contributed by atoms with van der Waals surface area (Å²) in [5.74, 6) is 0.0155. The first kappa shape index (κ1) is 12.7. The number of nitrogens with zero attached hydrogens (tertiary/aromatic N) is 2. The van der Waals surface area contributed by atoms with Gasteiger partial charge < -0.3 is 15.4 Å². The lowest BCUT2D eigenvalue weighted by Gasteiger charge is -2.08. The molecule has 96 valence electrons. The number of nitrogens with two attached hydrogens (primary N) is 1. The molecule has 0 saturated heterocycles. The monoisotopic (exact) mass is 251 g/mol. The van der Waals surface area contributed by atoms with Crippen molar-refractivity contribution in [1.29, 1.82) is 0 Å². The van der Waals surface area contributed by atoms with E-state index in [9.17, 15) is 9.50 Å². The summed E-state index contributed by atoms with van der Waals surface area (Å²) in [4.78, 5) is 4.05. The SMILES string of the molecule is Cc1cc(F)cc(-c2noc(C(N)C(C)O)n2)c1. The average Bonchev–Trinajstić information content (AvgIpc) is 2.75. The molecule has 0 radical (unpaired) electrons. The Balaban J connectivity index is 2.35. The van der Waals surface area contributed by atoms with E-state index in [2.05, 4.69) is 10.1 Å². The first-order chi connectivity index (χ1) is 8.47. The largest absolute Gasteiger partial charge is 0.391 e. The number of aliphatic hydroxyl groups is 1. The van der Waals surface area contributed by atoms with Crippen molar-refractivity contribution in [1.82, 2.24) is 10.1 Å². The molecule has 6 heteroatoms. The van der Waals surface area contributed by atoms with Crippen molar-refractivity contribution in [3.63, 3.8) is 0 Å². The van der Waals surface area contributed by atoms with Crippen molar-refractivity contribution in [2.75, 3.05) is 0 Å². The van der Waals surface area contributed by atoms with Gasteiger partial charge in [-0.2, -0.15) is 4.98 Å². The standard InChI is InChI=1S/C12H14FN3O2/c1-6-3-8(5-9(13)4-6)11-15-12(18-16-11)10(14)7(2)17/h3-5,7,10,17H,14H2,1-2H3. The fourth-order valence-electron chi connectivity index (χ4n) is 1.56. The molecule has 5 nitrogen and oxygen atoms in total. The lowest BCUT2D eigenvalue weighted by atomic mass is 10.1. The maximum absolute atomic E-state index is 13.3. The van der Waals surface area contributed by atoms with Crippen molar-refractivity contribution in [3.05, 3.63) is 35.5 Å². The second-order valence-electron chi connectivity index (χ2n) is 4.24. The van der Waals surface area contributed by atoms with Crippen molar-refractivity contribution in [3.8, 4) is 11.4 Å². The minimum absolute atomic E-state index is 0.127. The molecule has 0 aliphatic rings. The molecule has 18 heavy (non-hydrogen) atoms. The molecule has 3 N–H and O–H groups in total. The van der Waals surface area contributed by atoms with E-state index >= 15 is 0 Å². The van der Waals surface area contributed by atoms with Gasteiger partial charge in [0.25, 0.3) is 0 Å². The van der Waals surface area contributed by atoms with Crippen LogP contribution in [0.2, 0.25) is 0 Å². The zero-order chi connectivity index (χ0) is 13.3. The molecule has 0 saturated carbocycles. The van der Waals surface area contributed by atoms with Crippen LogP contribution in [-0.4, -0.2) is 21.4 Å². The molecule has 1 aromatic carbocycles. The van der Waals surface area contributed by atoms with Crippen LogP contribution in [0.25, 0.3) is 11.4 Å². The van der Waals surface area contributed by atoms with Crippen LogP contribution in [0.15, 0.2) is 22.7 Å². The fourth-order valence-corrected chi connectivity index (χ4v) is 1.56. The van der Waals surface area contributed by atoms with Crippen LogP contribution >= 0.6 is 0 Å². The topological polar surface area (TPSA) is 85.2 Å². The van der Waals surface area contributed by atoms with Crippen molar-refractivity contribution >= 4 is 0 Å². The summed E-state index contributed by atoms with van der Waals surface area (Å²) in [6, 6.07) is 3.72.